The summed E-state index contributed by atoms with van der Waals surface area (Å²) in [7, 11) is -3.44. The predicted octanol–water partition coefficient (Wildman–Crippen LogP) is 2.13. The zero-order valence-electron chi connectivity index (χ0n) is 11.0. The Balaban J connectivity index is 2.17. The first kappa shape index (κ1) is 15.0. The summed E-state index contributed by atoms with van der Waals surface area (Å²) in [5.41, 5.74) is -0.0247. The molecule has 0 radical (unpaired) electrons. The topological polar surface area (TPSA) is 96.6 Å². The van der Waals surface area contributed by atoms with Gasteiger partial charge < -0.3 is 14.8 Å². The number of aromatic carboxylic acids is 1. The van der Waals surface area contributed by atoms with E-state index < -0.39 is 21.6 Å². The van der Waals surface area contributed by atoms with Crippen LogP contribution in [0.2, 0.25) is 0 Å². The minimum absolute atomic E-state index is 0.00815. The van der Waals surface area contributed by atoms with Gasteiger partial charge in [-0.1, -0.05) is 0 Å². The quantitative estimate of drug-likeness (QED) is 0.821. The maximum absolute atomic E-state index is 13.6. The Morgan fingerprint density at radius 2 is 2.10 bits per heavy atom. The smallest absolute Gasteiger partial charge is 0.338 e. The van der Waals surface area contributed by atoms with Crippen molar-refractivity contribution in [1.82, 2.24) is 0 Å². The molecule has 0 bridgehead atoms. The fourth-order valence-electron chi connectivity index (χ4n) is 1.64. The third kappa shape index (κ3) is 3.60. The summed E-state index contributed by atoms with van der Waals surface area (Å²) in [6, 6.07) is 4.69. The lowest BCUT2D eigenvalue weighted by molar-refractivity contribution is 0.0696. The molecule has 0 aliphatic heterocycles. The minimum Gasteiger partial charge on any atom is -0.478 e. The van der Waals surface area contributed by atoms with Gasteiger partial charge in [-0.05, 0) is 24.3 Å². The number of halogens is 1. The van der Waals surface area contributed by atoms with Crippen LogP contribution in [-0.2, 0) is 16.4 Å². The van der Waals surface area contributed by atoms with E-state index in [1.165, 1.54) is 18.2 Å². The molecule has 0 unspecified atom stereocenters. The van der Waals surface area contributed by atoms with E-state index in [1.54, 1.807) is 0 Å². The van der Waals surface area contributed by atoms with Crippen molar-refractivity contribution in [3.05, 3.63) is 47.7 Å². The van der Waals surface area contributed by atoms with Crippen LogP contribution in [0.3, 0.4) is 0 Å². The summed E-state index contributed by atoms with van der Waals surface area (Å²) in [4.78, 5) is 10.7. The molecule has 0 atom stereocenters. The predicted molar refractivity (Wildman–Crippen MR) is 72.5 cm³/mol. The molecule has 2 aromatic rings. The molecule has 1 heterocycles. The molecule has 0 saturated carbocycles. The lowest BCUT2D eigenvalue weighted by Gasteiger charge is -2.07. The van der Waals surface area contributed by atoms with Gasteiger partial charge in [-0.15, -0.1) is 0 Å². The number of nitrogens with one attached hydrogen (secondary N) is 1. The van der Waals surface area contributed by atoms with Crippen LogP contribution in [0, 0.1) is 5.82 Å². The fourth-order valence-corrected chi connectivity index (χ4v) is 2.29. The zero-order chi connectivity index (χ0) is 15.6. The molecule has 8 heteroatoms. The summed E-state index contributed by atoms with van der Waals surface area (Å²) in [5, 5.41) is 11.4. The SMILES string of the molecule is CS(=O)(=O)c1ccc(F)c(NCc2cc(C(=O)O)co2)c1. The second-order valence-electron chi connectivity index (χ2n) is 4.37. The first-order chi connectivity index (χ1) is 9.77. The molecule has 0 spiro atoms. The monoisotopic (exact) mass is 313 g/mol. The highest BCUT2D eigenvalue weighted by Gasteiger charge is 2.12. The molecule has 0 aliphatic rings. The lowest BCUT2D eigenvalue weighted by atomic mass is 10.3. The van der Waals surface area contributed by atoms with E-state index in [9.17, 15) is 17.6 Å². The van der Waals surface area contributed by atoms with Gasteiger partial charge in [-0.2, -0.15) is 0 Å². The highest BCUT2D eigenvalue weighted by molar-refractivity contribution is 7.90. The normalized spacial score (nSPS) is 11.3. The summed E-state index contributed by atoms with van der Waals surface area (Å²) in [6.07, 6.45) is 2.10. The molecular weight excluding hydrogens is 301 g/mol. The van der Waals surface area contributed by atoms with Crippen LogP contribution in [0.1, 0.15) is 16.1 Å². The van der Waals surface area contributed by atoms with Crippen LogP contribution in [0.5, 0.6) is 0 Å². The molecule has 0 saturated heterocycles. The van der Waals surface area contributed by atoms with Gasteiger partial charge in [0.25, 0.3) is 0 Å². The molecule has 0 fully saturated rings. The van der Waals surface area contributed by atoms with Crippen molar-refractivity contribution in [3.8, 4) is 0 Å². The Labute approximate surface area is 120 Å². The van der Waals surface area contributed by atoms with Crippen LogP contribution in [0.25, 0.3) is 0 Å². The number of hydrogen-bond acceptors (Lipinski definition) is 5. The number of benzene rings is 1. The molecule has 21 heavy (non-hydrogen) atoms. The van der Waals surface area contributed by atoms with Gasteiger partial charge >= 0.3 is 5.97 Å². The number of carboxylic acids is 1. The fraction of sp³-hybridized carbons (Fsp3) is 0.154. The van der Waals surface area contributed by atoms with E-state index in [0.29, 0.717) is 0 Å². The van der Waals surface area contributed by atoms with Crippen molar-refractivity contribution < 1.29 is 27.1 Å². The first-order valence-corrected chi connectivity index (χ1v) is 7.70. The van der Waals surface area contributed by atoms with E-state index in [4.69, 9.17) is 9.52 Å². The second-order valence-corrected chi connectivity index (χ2v) is 6.39. The van der Waals surface area contributed by atoms with Crippen LogP contribution in [0.4, 0.5) is 10.1 Å². The molecule has 112 valence electrons. The van der Waals surface area contributed by atoms with E-state index in [1.807, 2.05) is 0 Å². The van der Waals surface area contributed by atoms with Crippen LogP contribution >= 0.6 is 0 Å². The van der Waals surface area contributed by atoms with Gasteiger partial charge in [-0.3, -0.25) is 0 Å². The number of sulfone groups is 1. The van der Waals surface area contributed by atoms with Gasteiger partial charge in [0.15, 0.2) is 9.84 Å². The summed E-state index contributed by atoms with van der Waals surface area (Å²) in [5.74, 6) is -1.46. The highest BCUT2D eigenvalue weighted by atomic mass is 32.2. The van der Waals surface area contributed by atoms with Crippen LogP contribution in [0.15, 0.2) is 39.8 Å². The molecule has 2 rings (SSSR count). The molecule has 1 aromatic carbocycles. The van der Waals surface area contributed by atoms with Crippen molar-refractivity contribution >= 4 is 21.5 Å². The molecule has 0 aliphatic carbocycles. The van der Waals surface area contributed by atoms with E-state index in [-0.39, 0.29) is 28.5 Å². The number of carbonyl (C=O) groups is 1. The standard InChI is InChI=1S/C13H12FNO5S/c1-21(18,19)10-2-3-11(14)12(5-10)15-6-9-4-8(7-20-9)13(16)17/h2-5,7,15H,6H2,1H3,(H,16,17). The van der Waals surface area contributed by atoms with Crippen molar-refractivity contribution in [3.63, 3.8) is 0 Å². The van der Waals surface area contributed by atoms with E-state index >= 15 is 0 Å². The molecule has 2 N–H and O–H groups in total. The Hall–Kier alpha value is -2.35. The molecule has 6 nitrogen and oxygen atoms in total. The van der Waals surface area contributed by atoms with Crippen molar-refractivity contribution in [2.75, 3.05) is 11.6 Å². The summed E-state index contributed by atoms with van der Waals surface area (Å²) in [6.45, 7) is 0.0252. The Morgan fingerprint density at radius 1 is 1.38 bits per heavy atom. The Kier molecular flexibility index (Phi) is 3.99. The van der Waals surface area contributed by atoms with Gasteiger partial charge in [0.05, 0.1) is 22.7 Å². The Bertz CT molecular complexity index is 782. The molecule has 0 amide bonds. The van der Waals surface area contributed by atoms with Crippen molar-refractivity contribution in [2.24, 2.45) is 0 Å². The Morgan fingerprint density at radius 3 is 2.67 bits per heavy atom. The maximum Gasteiger partial charge on any atom is 0.338 e. The third-order valence-corrected chi connectivity index (χ3v) is 3.83. The lowest BCUT2D eigenvalue weighted by Crippen LogP contribution is -2.04. The third-order valence-electron chi connectivity index (χ3n) is 2.72. The van der Waals surface area contributed by atoms with Gasteiger partial charge in [0.1, 0.15) is 17.8 Å². The number of furan rings is 1. The largest absolute Gasteiger partial charge is 0.478 e. The van der Waals surface area contributed by atoms with Crippen LogP contribution in [-0.4, -0.2) is 25.7 Å². The number of carboxylic acid groups (broad SMARTS) is 1. The van der Waals surface area contributed by atoms with Gasteiger partial charge in [0.2, 0.25) is 0 Å². The van der Waals surface area contributed by atoms with Crippen LogP contribution < -0.4 is 5.32 Å². The van der Waals surface area contributed by atoms with Gasteiger partial charge in [0, 0.05) is 6.26 Å². The number of rotatable bonds is 5. The molecule has 1 aromatic heterocycles. The van der Waals surface area contributed by atoms with E-state index in [2.05, 4.69) is 5.32 Å². The number of hydrogen-bond donors (Lipinski definition) is 2. The average molecular weight is 313 g/mol. The first-order valence-electron chi connectivity index (χ1n) is 5.81. The zero-order valence-corrected chi connectivity index (χ0v) is 11.8. The van der Waals surface area contributed by atoms with Crippen molar-refractivity contribution in [1.29, 1.82) is 0 Å². The highest BCUT2D eigenvalue weighted by Crippen LogP contribution is 2.20. The molecular formula is C13H12FNO5S. The van der Waals surface area contributed by atoms with Crippen molar-refractivity contribution in [2.45, 2.75) is 11.4 Å². The average Bonchev–Trinajstić information content (AvgIpc) is 2.85. The number of anilines is 1. The minimum atomic E-state index is -3.44. The summed E-state index contributed by atoms with van der Waals surface area (Å²) < 4.78 is 41.4. The maximum atomic E-state index is 13.6. The van der Waals surface area contributed by atoms with Gasteiger partial charge in [-0.25, -0.2) is 17.6 Å². The van der Waals surface area contributed by atoms with E-state index in [0.717, 1.165) is 18.6 Å². The second kappa shape index (κ2) is 5.57. The summed E-state index contributed by atoms with van der Waals surface area (Å²) >= 11 is 0.